The van der Waals surface area contributed by atoms with Crippen LogP contribution in [0.5, 0.6) is 0 Å². The van der Waals surface area contributed by atoms with E-state index in [9.17, 15) is 10.1 Å². The molecule has 1 N–H and O–H groups in total. The zero-order chi connectivity index (χ0) is 12.5. The van der Waals surface area contributed by atoms with Crippen molar-refractivity contribution in [3.63, 3.8) is 0 Å². The van der Waals surface area contributed by atoms with Gasteiger partial charge in [-0.1, -0.05) is 11.8 Å². The molecule has 0 aliphatic carbocycles. The molecule has 1 aromatic heterocycles. The fraction of sp³-hybridized carbons (Fsp3) is 0.364. The molecule has 102 valence electrons. The van der Waals surface area contributed by atoms with Crippen LogP contribution < -0.4 is 5.32 Å². The second-order valence-corrected chi connectivity index (χ2v) is 5.37. The average molecular weight is 302 g/mol. The van der Waals surface area contributed by atoms with Gasteiger partial charge in [-0.15, -0.1) is 12.4 Å². The van der Waals surface area contributed by atoms with Crippen molar-refractivity contribution in [2.75, 3.05) is 13.1 Å². The maximum atomic E-state index is 10.7. The van der Waals surface area contributed by atoms with Gasteiger partial charge in [-0.2, -0.15) is 0 Å². The SMILES string of the molecule is Cl.O=[N+]([O-])c1ccc2oc(S[C@H]3CCNC3)nc2c1. The lowest BCUT2D eigenvalue weighted by Gasteiger charge is -2.01. The van der Waals surface area contributed by atoms with Crippen molar-refractivity contribution in [3.8, 4) is 0 Å². The molecular weight excluding hydrogens is 290 g/mol. The molecule has 1 fully saturated rings. The van der Waals surface area contributed by atoms with Crippen molar-refractivity contribution in [1.82, 2.24) is 10.3 Å². The Morgan fingerprint density at radius 1 is 1.53 bits per heavy atom. The Bertz CT molecular complexity index is 598. The standard InChI is InChI=1S/C11H11N3O3S.ClH/c15-14(16)7-1-2-10-9(5-7)13-11(17-10)18-8-3-4-12-6-8;/h1-2,5,8,12H,3-4,6H2;1H/t8-;/m0./s1. The summed E-state index contributed by atoms with van der Waals surface area (Å²) < 4.78 is 5.57. The lowest BCUT2D eigenvalue weighted by molar-refractivity contribution is -0.384. The third-order valence-corrected chi connectivity index (χ3v) is 3.96. The largest absolute Gasteiger partial charge is 0.431 e. The van der Waals surface area contributed by atoms with Crippen molar-refractivity contribution < 1.29 is 9.34 Å². The summed E-state index contributed by atoms with van der Waals surface area (Å²) >= 11 is 1.58. The summed E-state index contributed by atoms with van der Waals surface area (Å²) in [6.07, 6.45) is 1.09. The lowest BCUT2D eigenvalue weighted by atomic mass is 10.3. The predicted molar refractivity (Wildman–Crippen MR) is 75.0 cm³/mol. The van der Waals surface area contributed by atoms with Crippen molar-refractivity contribution in [1.29, 1.82) is 0 Å². The van der Waals surface area contributed by atoms with Gasteiger partial charge >= 0.3 is 0 Å². The number of non-ortho nitro benzene ring substituents is 1. The number of fused-ring (bicyclic) bond motifs is 1. The van der Waals surface area contributed by atoms with E-state index in [1.54, 1.807) is 17.8 Å². The first kappa shape index (κ1) is 14.1. The van der Waals surface area contributed by atoms with Crippen LogP contribution in [-0.4, -0.2) is 28.2 Å². The van der Waals surface area contributed by atoms with Crippen LogP contribution in [0.15, 0.2) is 27.8 Å². The minimum atomic E-state index is -0.429. The van der Waals surface area contributed by atoms with E-state index in [2.05, 4.69) is 10.3 Å². The molecule has 1 saturated heterocycles. The Labute approximate surface area is 119 Å². The van der Waals surface area contributed by atoms with Crippen LogP contribution in [0.25, 0.3) is 11.1 Å². The van der Waals surface area contributed by atoms with Crippen LogP contribution in [0.1, 0.15) is 6.42 Å². The normalized spacial score (nSPS) is 18.4. The molecule has 1 aliphatic rings. The summed E-state index contributed by atoms with van der Waals surface area (Å²) in [5.41, 5.74) is 1.17. The van der Waals surface area contributed by atoms with Gasteiger partial charge in [0.1, 0.15) is 5.52 Å². The number of oxazole rings is 1. The molecule has 3 rings (SSSR count). The Hall–Kier alpha value is -1.31. The van der Waals surface area contributed by atoms with Crippen LogP contribution in [0.2, 0.25) is 0 Å². The van der Waals surface area contributed by atoms with E-state index in [1.165, 1.54) is 12.1 Å². The second-order valence-electron chi connectivity index (χ2n) is 4.12. The van der Waals surface area contributed by atoms with Gasteiger partial charge in [0.25, 0.3) is 10.9 Å². The molecule has 0 saturated carbocycles. The van der Waals surface area contributed by atoms with Gasteiger partial charge in [-0.25, -0.2) is 4.98 Å². The number of rotatable bonds is 3. The van der Waals surface area contributed by atoms with Gasteiger partial charge in [-0.3, -0.25) is 10.1 Å². The first-order valence-electron chi connectivity index (χ1n) is 5.65. The zero-order valence-electron chi connectivity index (χ0n) is 9.87. The molecule has 1 aliphatic heterocycles. The van der Waals surface area contributed by atoms with E-state index in [1.807, 2.05) is 0 Å². The van der Waals surface area contributed by atoms with E-state index in [0.29, 0.717) is 21.6 Å². The van der Waals surface area contributed by atoms with Crippen molar-refractivity contribution >= 4 is 41.0 Å². The third kappa shape index (κ3) is 2.99. The molecule has 1 atom stereocenters. The highest BCUT2D eigenvalue weighted by molar-refractivity contribution is 7.99. The molecule has 19 heavy (non-hydrogen) atoms. The van der Waals surface area contributed by atoms with E-state index in [-0.39, 0.29) is 18.1 Å². The van der Waals surface area contributed by atoms with Gasteiger partial charge < -0.3 is 9.73 Å². The number of benzene rings is 1. The van der Waals surface area contributed by atoms with Gasteiger partial charge in [0, 0.05) is 23.9 Å². The molecule has 0 spiro atoms. The molecule has 0 unspecified atom stereocenters. The molecular formula is C11H12ClN3O3S. The summed E-state index contributed by atoms with van der Waals surface area (Å²) in [7, 11) is 0. The Morgan fingerprint density at radius 3 is 3.05 bits per heavy atom. The highest BCUT2D eigenvalue weighted by atomic mass is 35.5. The number of halogens is 1. The highest BCUT2D eigenvalue weighted by Gasteiger charge is 2.19. The van der Waals surface area contributed by atoms with Crippen LogP contribution in [0, 0.1) is 10.1 Å². The minimum Gasteiger partial charge on any atom is -0.431 e. The van der Waals surface area contributed by atoms with E-state index in [0.717, 1.165) is 19.5 Å². The first-order chi connectivity index (χ1) is 8.72. The molecule has 6 nitrogen and oxygen atoms in total. The maximum absolute atomic E-state index is 10.7. The molecule has 2 aromatic rings. The Kier molecular flexibility index (Phi) is 4.28. The molecule has 0 radical (unpaired) electrons. The number of nitro benzene ring substituents is 1. The Balaban J connectivity index is 0.00000133. The summed E-state index contributed by atoms with van der Waals surface area (Å²) in [6.45, 7) is 1.97. The van der Waals surface area contributed by atoms with Crippen molar-refractivity contribution in [2.24, 2.45) is 0 Å². The number of thioether (sulfide) groups is 1. The number of nitrogens with zero attached hydrogens (tertiary/aromatic N) is 2. The number of hydrogen-bond donors (Lipinski definition) is 1. The second kappa shape index (κ2) is 5.77. The van der Waals surface area contributed by atoms with E-state index in [4.69, 9.17) is 4.42 Å². The minimum absolute atomic E-state index is 0. The average Bonchev–Trinajstić information content (AvgIpc) is 2.96. The third-order valence-electron chi connectivity index (χ3n) is 2.84. The van der Waals surface area contributed by atoms with Crippen LogP contribution in [0.3, 0.4) is 0 Å². The van der Waals surface area contributed by atoms with Crippen LogP contribution in [-0.2, 0) is 0 Å². The topological polar surface area (TPSA) is 81.2 Å². The van der Waals surface area contributed by atoms with E-state index < -0.39 is 4.92 Å². The lowest BCUT2D eigenvalue weighted by Crippen LogP contribution is -2.09. The van der Waals surface area contributed by atoms with Gasteiger partial charge in [0.15, 0.2) is 5.58 Å². The number of hydrogen-bond acceptors (Lipinski definition) is 6. The summed E-state index contributed by atoms with van der Waals surface area (Å²) in [4.78, 5) is 14.5. The summed E-state index contributed by atoms with van der Waals surface area (Å²) in [5.74, 6) is 0. The van der Waals surface area contributed by atoms with Gasteiger partial charge in [0.2, 0.25) is 0 Å². The molecule has 1 aromatic carbocycles. The van der Waals surface area contributed by atoms with Crippen molar-refractivity contribution in [2.45, 2.75) is 16.9 Å². The quantitative estimate of drug-likeness (QED) is 0.693. The molecule has 2 heterocycles. The predicted octanol–water partition coefficient (Wildman–Crippen LogP) is 2.61. The van der Waals surface area contributed by atoms with Gasteiger partial charge in [-0.05, 0) is 19.0 Å². The molecule has 0 amide bonds. The van der Waals surface area contributed by atoms with Crippen LogP contribution in [0.4, 0.5) is 5.69 Å². The molecule has 0 bridgehead atoms. The fourth-order valence-corrected chi connectivity index (χ4v) is 2.94. The zero-order valence-corrected chi connectivity index (χ0v) is 11.5. The molecule has 8 heteroatoms. The number of nitrogens with one attached hydrogen (secondary N) is 1. The number of nitro groups is 1. The highest BCUT2D eigenvalue weighted by Crippen LogP contribution is 2.30. The van der Waals surface area contributed by atoms with Crippen molar-refractivity contribution in [3.05, 3.63) is 28.3 Å². The van der Waals surface area contributed by atoms with Gasteiger partial charge in [0.05, 0.1) is 4.92 Å². The number of aromatic nitrogens is 1. The Morgan fingerprint density at radius 2 is 2.37 bits per heavy atom. The summed E-state index contributed by atoms with van der Waals surface area (Å²) in [6, 6.07) is 4.46. The fourth-order valence-electron chi connectivity index (χ4n) is 1.93. The van der Waals surface area contributed by atoms with E-state index >= 15 is 0 Å². The smallest absolute Gasteiger partial charge is 0.271 e. The van der Waals surface area contributed by atoms with Crippen LogP contribution >= 0.6 is 24.2 Å². The monoisotopic (exact) mass is 301 g/mol. The maximum Gasteiger partial charge on any atom is 0.271 e. The first-order valence-corrected chi connectivity index (χ1v) is 6.53. The summed E-state index contributed by atoms with van der Waals surface area (Å²) in [5, 5.41) is 15.0.